The minimum Gasteiger partial charge on any atom is -0.497 e. The molecule has 5 rings (SSSR count). The van der Waals surface area contributed by atoms with Crippen molar-refractivity contribution in [3.8, 4) is 11.5 Å². The third-order valence-corrected chi connectivity index (χ3v) is 9.74. The number of fused-ring (bicyclic) bond motifs is 1. The summed E-state index contributed by atoms with van der Waals surface area (Å²) in [6, 6.07) is 17.7. The van der Waals surface area contributed by atoms with E-state index >= 15 is 0 Å². The first kappa shape index (κ1) is 25.3. The fourth-order valence-corrected chi connectivity index (χ4v) is 7.35. The molecule has 1 fully saturated rings. The summed E-state index contributed by atoms with van der Waals surface area (Å²) in [4.78, 5) is 16.8. The van der Waals surface area contributed by atoms with E-state index in [0.29, 0.717) is 31.1 Å². The second-order valence-corrected chi connectivity index (χ2v) is 11.8. The molecule has 0 saturated carbocycles. The quantitative estimate of drug-likeness (QED) is 0.350. The van der Waals surface area contributed by atoms with Crippen molar-refractivity contribution in [2.24, 2.45) is 0 Å². The Morgan fingerprint density at radius 1 is 1.03 bits per heavy atom. The minimum absolute atomic E-state index is 0.105. The highest BCUT2D eigenvalue weighted by molar-refractivity contribution is 7.89. The minimum atomic E-state index is -3.70. The first-order valence-corrected chi connectivity index (χ1v) is 14.3. The van der Waals surface area contributed by atoms with Gasteiger partial charge in [0.05, 0.1) is 25.7 Å². The van der Waals surface area contributed by atoms with E-state index in [1.54, 1.807) is 47.6 Å². The molecule has 1 aliphatic rings. The van der Waals surface area contributed by atoms with Crippen LogP contribution in [0.15, 0.2) is 70.9 Å². The topological polar surface area (TPSA) is 81.1 Å². The van der Waals surface area contributed by atoms with Gasteiger partial charge in [-0.1, -0.05) is 18.2 Å². The molecule has 0 N–H and O–H groups in total. The van der Waals surface area contributed by atoms with Gasteiger partial charge in [0.1, 0.15) is 22.0 Å². The van der Waals surface area contributed by atoms with Gasteiger partial charge in [-0.05, 0) is 54.8 Å². The number of hydrogen-bond acceptors (Lipinski definition) is 6. The lowest BCUT2D eigenvalue weighted by atomic mass is 10.2. The SMILES string of the molecule is COc1ccc(S(=O)(=O)N2CCN(C(=O)c3cc4ccsc4n3Cc3ccccc3OC)CC2C)cc1. The van der Waals surface area contributed by atoms with Crippen LogP contribution in [-0.2, 0) is 16.6 Å². The average Bonchev–Trinajstić information content (AvgIpc) is 3.51. The number of nitrogens with zero attached hydrogens (tertiary/aromatic N) is 3. The van der Waals surface area contributed by atoms with Crippen LogP contribution in [0.4, 0.5) is 0 Å². The monoisotopic (exact) mass is 539 g/mol. The predicted molar refractivity (Wildman–Crippen MR) is 144 cm³/mol. The number of hydrogen-bond donors (Lipinski definition) is 0. The maximum atomic E-state index is 13.8. The van der Waals surface area contributed by atoms with E-state index in [2.05, 4.69) is 0 Å². The maximum Gasteiger partial charge on any atom is 0.270 e. The summed E-state index contributed by atoms with van der Waals surface area (Å²) >= 11 is 1.59. The largest absolute Gasteiger partial charge is 0.497 e. The number of amides is 1. The summed E-state index contributed by atoms with van der Waals surface area (Å²) in [5, 5.41) is 3.03. The maximum absolute atomic E-state index is 13.8. The van der Waals surface area contributed by atoms with Crippen LogP contribution in [-0.4, -0.2) is 68.0 Å². The molecule has 0 bridgehead atoms. The molecule has 1 saturated heterocycles. The molecular weight excluding hydrogens is 510 g/mol. The van der Waals surface area contributed by atoms with E-state index in [1.165, 1.54) is 11.4 Å². The molecule has 194 valence electrons. The Kier molecular flexibility index (Phi) is 6.98. The number of carbonyl (C=O) groups excluding carboxylic acids is 1. The highest BCUT2D eigenvalue weighted by atomic mass is 32.2. The van der Waals surface area contributed by atoms with Gasteiger partial charge in [-0.2, -0.15) is 4.31 Å². The first-order chi connectivity index (χ1) is 17.8. The van der Waals surface area contributed by atoms with Gasteiger partial charge in [-0.3, -0.25) is 4.79 Å². The lowest BCUT2D eigenvalue weighted by Gasteiger charge is -2.39. The second kappa shape index (κ2) is 10.2. The highest BCUT2D eigenvalue weighted by Crippen LogP contribution is 2.30. The van der Waals surface area contributed by atoms with Crippen molar-refractivity contribution in [1.29, 1.82) is 0 Å². The summed E-state index contributed by atoms with van der Waals surface area (Å²) < 4.78 is 40.8. The highest BCUT2D eigenvalue weighted by Gasteiger charge is 2.36. The molecule has 0 radical (unpaired) electrons. The van der Waals surface area contributed by atoms with Crippen LogP contribution in [0.3, 0.4) is 0 Å². The van der Waals surface area contributed by atoms with Crippen LogP contribution >= 0.6 is 11.3 Å². The molecule has 8 nitrogen and oxygen atoms in total. The Bertz CT molecular complexity index is 1530. The number of aromatic nitrogens is 1. The molecule has 10 heteroatoms. The van der Waals surface area contributed by atoms with Crippen molar-refractivity contribution in [2.45, 2.75) is 24.4 Å². The Labute approximate surface area is 220 Å². The first-order valence-electron chi connectivity index (χ1n) is 12.0. The fraction of sp³-hybridized carbons (Fsp3) is 0.296. The smallest absolute Gasteiger partial charge is 0.270 e. The number of sulfonamides is 1. The van der Waals surface area contributed by atoms with Gasteiger partial charge in [-0.25, -0.2) is 8.42 Å². The van der Waals surface area contributed by atoms with Crippen molar-refractivity contribution >= 4 is 37.5 Å². The molecule has 2 aromatic heterocycles. The summed E-state index contributed by atoms with van der Waals surface area (Å²) in [5.41, 5.74) is 1.57. The van der Waals surface area contributed by atoms with E-state index in [9.17, 15) is 13.2 Å². The predicted octanol–water partition coefficient (Wildman–Crippen LogP) is 4.30. The standard InChI is InChI=1S/C27H29N3O5S2/c1-19-17-28(13-14-30(19)37(32,33)23-10-8-22(34-2)9-11-23)26(31)24-16-20-12-15-36-27(20)29(24)18-21-6-4-5-7-25(21)35-3/h4-12,15-16,19H,13-14,17-18H2,1-3H3. The van der Waals surface area contributed by atoms with Gasteiger partial charge in [0.25, 0.3) is 5.91 Å². The Morgan fingerprint density at radius 3 is 2.49 bits per heavy atom. The zero-order valence-corrected chi connectivity index (χ0v) is 22.6. The van der Waals surface area contributed by atoms with E-state index in [1.807, 2.05) is 53.3 Å². The molecule has 2 aromatic carbocycles. The molecule has 1 amide bonds. The van der Waals surface area contributed by atoms with Gasteiger partial charge in [0.15, 0.2) is 0 Å². The van der Waals surface area contributed by atoms with E-state index < -0.39 is 10.0 Å². The number of ether oxygens (including phenoxy) is 2. The zero-order chi connectivity index (χ0) is 26.2. The Hall–Kier alpha value is -3.34. The second-order valence-electron chi connectivity index (χ2n) is 9.00. The van der Waals surface area contributed by atoms with Crippen molar-refractivity contribution in [2.75, 3.05) is 33.9 Å². The van der Waals surface area contributed by atoms with Crippen molar-refractivity contribution in [3.05, 3.63) is 77.3 Å². The molecule has 0 aliphatic carbocycles. The number of methoxy groups -OCH3 is 2. The van der Waals surface area contributed by atoms with Crippen LogP contribution in [0.1, 0.15) is 23.0 Å². The third kappa shape index (κ3) is 4.72. The summed E-state index contributed by atoms with van der Waals surface area (Å²) in [5.74, 6) is 1.26. The Balaban J connectivity index is 1.38. The van der Waals surface area contributed by atoms with E-state index in [-0.39, 0.29) is 23.4 Å². The van der Waals surface area contributed by atoms with Gasteiger partial charge in [-0.15, -0.1) is 11.3 Å². The molecule has 1 atom stereocenters. The number of rotatable bonds is 7. The molecule has 3 heterocycles. The zero-order valence-electron chi connectivity index (χ0n) is 21.0. The molecule has 37 heavy (non-hydrogen) atoms. The summed E-state index contributed by atoms with van der Waals surface area (Å²) in [6.07, 6.45) is 0. The number of benzene rings is 2. The third-order valence-electron chi connectivity index (χ3n) is 6.76. The van der Waals surface area contributed by atoms with Gasteiger partial charge >= 0.3 is 0 Å². The van der Waals surface area contributed by atoms with Crippen LogP contribution in [0.5, 0.6) is 11.5 Å². The van der Waals surface area contributed by atoms with Crippen LogP contribution in [0.2, 0.25) is 0 Å². The molecular formula is C27H29N3O5S2. The molecule has 1 unspecified atom stereocenters. The fourth-order valence-electron chi connectivity index (χ4n) is 4.84. The van der Waals surface area contributed by atoms with Gasteiger partial charge in [0.2, 0.25) is 10.0 Å². The van der Waals surface area contributed by atoms with Crippen LogP contribution in [0.25, 0.3) is 10.2 Å². The Morgan fingerprint density at radius 2 is 1.78 bits per heavy atom. The van der Waals surface area contributed by atoms with Crippen LogP contribution < -0.4 is 9.47 Å². The van der Waals surface area contributed by atoms with Crippen molar-refractivity contribution < 1.29 is 22.7 Å². The van der Waals surface area contributed by atoms with Crippen LogP contribution in [0, 0.1) is 0 Å². The summed E-state index contributed by atoms with van der Waals surface area (Å²) in [7, 11) is -0.515. The van der Waals surface area contributed by atoms with Gasteiger partial charge in [0, 0.05) is 36.6 Å². The number of thiophene rings is 1. The lowest BCUT2D eigenvalue weighted by Crippen LogP contribution is -2.55. The van der Waals surface area contributed by atoms with Crippen molar-refractivity contribution in [3.63, 3.8) is 0 Å². The number of para-hydroxylation sites is 1. The normalized spacial score (nSPS) is 16.7. The average molecular weight is 540 g/mol. The molecule has 1 aliphatic heterocycles. The number of carbonyl (C=O) groups is 1. The van der Waals surface area contributed by atoms with E-state index in [0.717, 1.165) is 21.5 Å². The van der Waals surface area contributed by atoms with Gasteiger partial charge < -0.3 is 18.9 Å². The molecule has 0 spiro atoms. The number of piperazine rings is 1. The van der Waals surface area contributed by atoms with E-state index in [4.69, 9.17) is 9.47 Å². The lowest BCUT2D eigenvalue weighted by molar-refractivity contribution is 0.0632. The van der Waals surface area contributed by atoms with Crippen molar-refractivity contribution in [1.82, 2.24) is 13.8 Å². The molecule has 4 aromatic rings. The summed E-state index contributed by atoms with van der Waals surface area (Å²) in [6.45, 7) is 3.18.